The number of rotatable bonds is 9. The number of benzene rings is 1. The van der Waals surface area contributed by atoms with E-state index in [0.717, 1.165) is 12.0 Å². The van der Waals surface area contributed by atoms with Crippen molar-refractivity contribution in [2.24, 2.45) is 5.92 Å². The van der Waals surface area contributed by atoms with Gasteiger partial charge >= 0.3 is 5.97 Å². The molecule has 112 valence electrons. The summed E-state index contributed by atoms with van der Waals surface area (Å²) in [4.78, 5) is 11.9. The van der Waals surface area contributed by atoms with Gasteiger partial charge in [-0.05, 0) is 32.3 Å². The van der Waals surface area contributed by atoms with Crippen LogP contribution >= 0.6 is 8.03 Å². The highest BCUT2D eigenvalue weighted by Crippen LogP contribution is 2.28. The molecule has 1 aromatic rings. The number of ether oxygens (including phenoxy) is 1. The van der Waals surface area contributed by atoms with Gasteiger partial charge in [0.05, 0.1) is 19.1 Å². The van der Waals surface area contributed by atoms with Crippen LogP contribution in [0.3, 0.4) is 0 Å². The Bertz CT molecular complexity index is 419. The zero-order valence-electron chi connectivity index (χ0n) is 12.1. The van der Waals surface area contributed by atoms with Crippen molar-refractivity contribution < 1.29 is 18.6 Å². The highest BCUT2D eigenvalue weighted by molar-refractivity contribution is 7.39. The molecule has 1 aromatic carbocycles. The number of hydrogen-bond acceptors (Lipinski definition) is 4. The molecule has 0 saturated heterocycles. The predicted octanol–water partition coefficient (Wildman–Crippen LogP) is 3.31. The van der Waals surface area contributed by atoms with E-state index in [4.69, 9.17) is 9.26 Å². The second kappa shape index (κ2) is 9.73. The lowest BCUT2D eigenvalue weighted by atomic mass is 10.0. The minimum absolute atomic E-state index is 0.268. The molecule has 0 aliphatic heterocycles. The Kier molecular flexibility index (Phi) is 8.24. The minimum Gasteiger partial charge on any atom is -0.466 e. The van der Waals surface area contributed by atoms with Gasteiger partial charge in [-0.1, -0.05) is 30.3 Å². The Morgan fingerprint density at radius 3 is 2.50 bits per heavy atom. The Hall–Kier alpha value is -1.12. The van der Waals surface area contributed by atoms with Gasteiger partial charge in [-0.2, -0.15) is 0 Å². The second-order valence-electron chi connectivity index (χ2n) is 4.48. The summed E-state index contributed by atoms with van der Waals surface area (Å²) in [5, 5.41) is 0. The summed E-state index contributed by atoms with van der Waals surface area (Å²) < 4.78 is 21.9. The van der Waals surface area contributed by atoms with Crippen LogP contribution in [0.2, 0.25) is 0 Å². The van der Waals surface area contributed by atoms with Crippen LogP contribution in [0.5, 0.6) is 0 Å². The molecule has 2 atom stereocenters. The van der Waals surface area contributed by atoms with Crippen LogP contribution in [0.4, 0.5) is 0 Å². The van der Waals surface area contributed by atoms with Crippen LogP contribution in [-0.2, 0) is 25.0 Å². The first-order valence-corrected chi connectivity index (χ1v) is 8.55. The van der Waals surface area contributed by atoms with Gasteiger partial charge in [0.25, 0.3) is 0 Å². The van der Waals surface area contributed by atoms with Crippen molar-refractivity contribution in [3.05, 3.63) is 35.9 Å². The van der Waals surface area contributed by atoms with Gasteiger partial charge < -0.3 is 9.26 Å². The molecule has 20 heavy (non-hydrogen) atoms. The van der Waals surface area contributed by atoms with Crippen molar-refractivity contribution in [3.8, 4) is 0 Å². The smallest absolute Gasteiger partial charge is 0.309 e. The van der Waals surface area contributed by atoms with E-state index in [0.29, 0.717) is 19.6 Å². The lowest BCUT2D eigenvalue weighted by Crippen LogP contribution is -2.21. The Balaban J connectivity index is 2.57. The molecule has 0 saturated carbocycles. The SMILES string of the molecule is CCOC(=O)C(CCc1ccccc1)C[PH](=O)OCC. The van der Waals surface area contributed by atoms with Gasteiger partial charge in [0.15, 0.2) is 8.03 Å². The lowest BCUT2D eigenvalue weighted by molar-refractivity contribution is -0.147. The van der Waals surface area contributed by atoms with Gasteiger partial charge in [-0.3, -0.25) is 9.36 Å². The van der Waals surface area contributed by atoms with Gasteiger partial charge in [-0.25, -0.2) is 0 Å². The van der Waals surface area contributed by atoms with Crippen LogP contribution in [0.15, 0.2) is 30.3 Å². The predicted molar refractivity (Wildman–Crippen MR) is 80.4 cm³/mol. The zero-order valence-corrected chi connectivity index (χ0v) is 13.1. The highest BCUT2D eigenvalue weighted by Gasteiger charge is 2.22. The largest absolute Gasteiger partial charge is 0.466 e. The van der Waals surface area contributed by atoms with Crippen LogP contribution in [-0.4, -0.2) is 25.3 Å². The van der Waals surface area contributed by atoms with E-state index in [1.165, 1.54) is 0 Å². The average Bonchev–Trinajstić information content (AvgIpc) is 2.45. The maximum absolute atomic E-state index is 11.9. The van der Waals surface area contributed by atoms with E-state index >= 15 is 0 Å². The molecule has 0 bridgehead atoms. The van der Waals surface area contributed by atoms with Crippen molar-refractivity contribution in [1.82, 2.24) is 0 Å². The molecule has 1 rings (SSSR count). The molecular formula is C15H23O4P. The summed E-state index contributed by atoms with van der Waals surface area (Å²) in [6.45, 7) is 4.33. The third kappa shape index (κ3) is 6.36. The van der Waals surface area contributed by atoms with Gasteiger partial charge in [0.2, 0.25) is 0 Å². The number of aryl methyl sites for hydroxylation is 1. The molecule has 0 aromatic heterocycles. The van der Waals surface area contributed by atoms with Gasteiger partial charge in [0, 0.05) is 6.16 Å². The van der Waals surface area contributed by atoms with E-state index in [2.05, 4.69) is 0 Å². The summed E-state index contributed by atoms with van der Waals surface area (Å²) in [5.41, 5.74) is 1.16. The molecule has 0 heterocycles. The fourth-order valence-corrected chi connectivity index (χ4v) is 3.18. The number of esters is 1. The van der Waals surface area contributed by atoms with E-state index < -0.39 is 8.03 Å². The first-order valence-electron chi connectivity index (χ1n) is 7.03. The number of carbonyl (C=O) groups is 1. The summed E-state index contributed by atoms with van der Waals surface area (Å²) in [6, 6.07) is 9.94. The second-order valence-corrected chi connectivity index (χ2v) is 5.92. The molecule has 0 aliphatic rings. The summed E-state index contributed by atoms with van der Waals surface area (Å²) >= 11 is 0. The molecule has 0 amide bonds. The topological polar surface area (TPSA) is 52.6 Å². The van der Waals surface area contributed by atoms with Crippen molar-refractivity contribution >= 4 is 14.0 Å². The Morgan fingerprint density at radius 1 is 1.20 bits per heavy atom. The maximum atomic E-state index is 11.9. The first kappa shape index (κ1) is 16.9. The van der Waals surface area contributed by atoms with Gasteiger partial charge in [0.1, 0.15) is 0 Å². The van der Waals surface area contributed by atoms with E-state index in [1.54, 1.807) is 13.8 Å². The normalized spacial score (nSPS) is 13.7. The zero-order chi connectivity index (χ0) is 14.8. The third-order valence-corrected chi connectivity index (χ3v) is 4.40. The summed E-state index contributed by atoms with van der Waals surface area (Å²) in [6.07, 6.45) is 1.67. The molecule has 0 spiro atoms. The third-order valence-electron chi connectivity index (χ3n) is 2.96. The molecule has 4 nitrogen and oxygen atoms in total. The van der Waals surface area contributed by atoms with Gasteiger partial charge in [-0.15, -0.1) is 0 Å². The first-order chi connectivity index (χ1) is 9.67. The fraction of sp³-hybridized carbons (Fsp3) is 0.533. The van der Waals surface area contributed by atoms with Crippen molar-refractivity contribution in [2.45, 2.75) is 26.7 Å². The van der Waals surface area contributed by atoms with E-state index in [1.807, 2.05) is 30.3 Å². The number of hydrogen-bond donors (Lipinski definition) is 0. The molecule has 0 aliphatic carbocycles. The molecule has 5 heteroatoms. The van der Waals surface area contributed by atoms with Crippen LogP contribution in [0.25, 0.3) is 0 Å². The lowest BCUT2D eigenvalue weighted by Gasteiger charge is -2.15. The quantitative estimate of drug-likeness (QED) is 0.518. The average molecular weight is 298 g/mol. The number of carbonyl (C=O) groups excluding carboxylic acids is 1. The van der Waals surface area contributed by atoms with Crippen LogP contribution in [0.1, 0.15) is 25.8 Å². The van der Waals surface area contributed by atoms with E-state index in [9.17, 15) is 9.36 Å². The summed E-state index contributed by atoms with van der Waals surface area (Å²) in [5.74, 6) is -0.630. The molecule has 0 radical (unpaired) electrons. The fourth-order valence-electron chi connectivity index (χ4n) is 1.97. The maximum Gasteiger partial charge on any atom is 0.309 e. The molecule has 0 fully saturated rings. The van der Waals surface area contributed by atoms with Crippen LogP contribution in [0, 0.1) is 5.92 Å². The highest BCUT2D eigenvalue weighted by atomic mass is 31.1. The summed E-state index contributed by atoms with van der Waals surface area (Å²) in [7, 11) is -2.16. The van der Waals surface area contributed by atoms with Crippen molar-refractivity contribution in [2.75, 3.05) is 19.4 Å². The monoisotopic (exact) mass is 298 g/mol. The van der Waals surface area contributed by atoms with Crippen LogP contribution < -0.4 is 0 Å². The van der Waals surface area contributed by atoms with Crippen molar-refractivity contribution in [3.63, 3.8) is 0 Å². The minimum atomic E-state index is -2.16. The molecular weight excluding hydrogens is 275 g/mol. The van der Waals surface area contributed by atoms with E-state index in [-0.39, 0.29) is 18.0 Å². The molecule has 2 unspecified atom stereocenters. The Morgan fingerprint density at radius 2 is 1.90 bits per heavy atom. The Labute approximate surface area is 121 Å². The molecule has 0 N–H and O–H groups in total. The standard InChI is InChI=1S/C15H23O4P/c1-3-18-15(16)14(12-20(17)19-4-2)11-10-13-8-6-5-7-9-13/h5-9,14,20H,3-4,10-12H2,1-2H3. The van der Waals surface area contributed by atoms with Crippen molar-refractivity contribution in [1.29, 1.82) is 0 Å².